The van der Waals surface area contributed by atoms with Crippen molar-refractivity contribution >= 4 is 23.3 Å². The number of rotatable bonds is 8. The number of H-pyrrole nitrogens is 1. The Hall–Kier alpha value is -2.93. The summed E-state index contributed by atoms with van der Waals surface area (Å²) >= 11 is 1.33. The normalized spacial score (nSPS) is 10.9. The first-order chi connectivity index (χ1) is 13.8. The van der Waals surface area contributed by atoms with Gasteiger partial charge >= 0.3 is 0 Å². The number of hydrogen-bond acceptors (Lipinski definition) is 5. The van der Waals surface area contributed by atoms with Gasteiger partial charge in [-0.25, -0.2) is 0 Å². The van der Waals surface area contributed by atoms with Crippen molar-refractivity contribution in [3.8, 4) is 11.4 Å². The molecule has 1 N–H and O–H groups in total. The SMILES string of the molecule is C=CCn1c(SCC(=O)c2[nH]c(C)c(C(C)=O)c2C)nnc1-c1cccc(C)c1. The monoisotopic (exact) mass is 408 g/mol. The minimum absolute atomic E-state index is 0.0449. The molecule has 0 atom stereocenters. The van der Waals surface area contributed by atoms with Gasteiger partial charge in [0.2, 0.25) is 0 Å². The van der Waals surface area contributed by atoms with Crippen molar-refractivity contribution in [2.45, 2.75) is 39.4 Å². The zero-order valence-corrected chi connectivity index (χ0v) is 17.9. The number of benzene rings is 1. The van der Waals surface area contributed by atoms with E-state index in [0.29, 0.717) is 28.5 Å². The van der Waals surface area contributed by atoms with Crippen LogP contribution in [-0.2, 0) is 6.54 Å². The van der Waals surface area contributed by atoms with Gasteiger partial charge in [0, 0.05) is 23.4 Å². The predicted octanol–water partition coefficient (Wildman–Crippen LogP) is 4.56. The molecule has 0 saturated heterocycles. The topological polar surface area (TPSA) is 80.6 Å². The van der Waals surface area contributed by atoms with Crippen molar-refractivity contribution in [2.24, 2.45) is 0 Å². The van der Waals surface area contributed by atoms with Crippen LogP contribution >= 0.6 is 11.8 Å². The Balaban J connectivity index is 1.84. The van der Waals surface area contributed by atoms with E-state index in [0.717, 1.165) is 22.6 Å². The summed E-state index contributed by atoms with van der Waals surface area (Å²) in [7, 11) is 0. The number of aromatic amines is 1. The van der Waals surface area contributed by atoms with Crippen LogP contribution in [0.5, 0.6) is 0 Å². The number of nitrogens with one attached hydrogen (secondary N) is 1. The summed E-state index contributed by atoms with van der Waals surface area (Å²) in [6.07, 6.45) is 1.78. The average Bonchev–Trinajstić information content (AvgIpc) is 3.20. The fourth-order valence-electron chi connectivity index (χ4n) is 3.45. The Morgan fingerprint density at radius 3 is 2.62 bits per heavy atom. The number of hydrogen-bond donors (Lipinski definition) is 1. The highest BCUT2D eigenvalue weighted by Crippen LogP contribution is 2.26. The van der Waals surface area contributed by atoms with Gasteiger partial charge in [-0.05, 0) is 39.3 Å². The van der Waals surface area contributed by atoms with E-state index < -0.39 is 0 Å². The van der Waals surface area contributed by atoms with E-state index in [4.69, 9.17) is 0 Å². The molecule has 0 radical (unpaired) electrons. The van der Waals surface area contributed by atoms with Gasteiger partial charge in [-0.3, -0.25) is 14.2 Å². The van der Waals surface area contributed by atoms with Crippen molar-refractivity contribution in [3.05, 3.63) is 65.0 Å². The number of aryl methyl sites for hydroxylation is 2. The third-order valence-corrected chi connectivity index (χ3v) is 5.67. The molecule has 1 aromatic carbocycles. The molecule has 0 fully saturated rings. The van der Waals surface area contributed by atoms with Crippen LogP contribution in [0.4, 0.5) is 0 Å². The maximum absolute atomic E-state index is 12.8. The van der Waals surface area contributed by atoms with Crippen molar-refractivity contribution in [1.29, 1.82) is 0 Å². The molecule has 0 aliphatic carbocycles. The highest BCUT2D eigenvalue weighted by atomic mass is 32.2. The summed E-state index contributed by atoms with van der Waals surface area (Å²) in [6, 6.07) is 8.06. The molecule has 0 amide bonds. The molecule has 0 aliphatic heterocycles. The molecule has 6 nitrogen and oxygen atoms in total. The van der Waals surface area contributed by atoms with E-state index in [1.165, 1.54) is 18.7 Å². The molecular formula is C22H24N4O2S. The first kappa shape index (κ1) is 20.8. The molecule has 0 spiro atoms. The first-order valence-electron chi connectivity index (χ1n) is 9.30. The second-order valence-corrected chi connectivity index (χ2v) is 7.91. The van der Waals surface area contributed by atoms with Gasteiger partial charge in [0.25, 0.3) is 0 Å². The molecule has 3 aromatic rings. The Morgan fingerprint density at radius 2 is 2.00 bits per heavy atom. The van der Waals surface area contributed by atoms with E-state index in [1.807, 2.05) is 36.6 Å². The molecule has 2 aromatic heterocycles. The average molecular weight is 409 g/mol. The van der Waals surface area contributed by atoms with E-state index in [2.05, 4.69) is 27.8 Å². The fourth-order valence-corrected chi connectivity index (χ4v) is 4.27. The summed E-state index contributed by atoms with van der Waals surface area (Å²) in [4.78, 5) is 27.7. The standard InChI is InChI=1S/C22H24N4O2S/c1-6-10-26-21(17-9-7-8-13(2)11-17)24-25-22(26)29-12-18(28)20-14(3)19(16(5)27)15(4)23-20/h6-9,11,23H,1,10,12H2,2-5H3. The number of aromatic nitrogens is 4. The molecule has 0 saturated carbocycles. The largest absolute Gasteiger partial charge is 0.355 e. The van der Waals surface area contributed by atoms with Crippen LogP contribution in [0.1, 0.15) is 44.6 Å². The number of carbonyl (C=O) groups excluding carboxylic acids is 2. The Labute approximate surface area is 174 Å². The molecule has 7 heteroatoms. The van der Waals surface area contributed by atoms with Gasteiger partial charge < -0.3 is 4.98 Å². The van der Waals surface area contributed by atoms with Crippen LogP contribution in [0, 0.1) is 20.8 Å². The minimum atomic E-state index is -0.0756. The summed E-state index contributed by atoms with van der Waals surface area (Å²) in [5, 5.41) is 9.28. The van der Waals surface area contributed by atoms with Crippen molar-refractivity contribution < 1.29 is 9.59 Å². The zero-order chi connectivity index (χ0) is 21.1. The lowest BCUT2D eigenvalue weighted by atomic mass is 10.1. The number of ketones is 2. The molecule has 150 valence electrons. The van der Waals surface area contributed by atoms with Crippen molar-refractivity contribution in [1.82, 2.24) is 19.7 Å². The first-order valence-corrected chi connectivity index (χ1v) is 10.3. The zero-order valence-electron chi connectivity index (χ0n) is 17.1. The summed E-state index contributed by atoms with van der Waals surface area (Å²) in [5.41, 5.74) is 4.61. The second kappa shape index (κ2) is 8.61. The lowest BCUT2D eigenvalue weighted by Gasteiger charge is -2.08. The molecule has 0 bridgehead atoms. The number of thioether (sulfide) groups is 1. The Kier molecular flexibility index (Phi) is 6.17. The van der Waals surface area contributed by atoms with Crippen LogP contribution in [0.15, 0.2) is 42.1 Å². The van der Waals surface area contributed by atoms with Gasteiger partial charge in [-0.1, -0.05) is 41.6 Å². The third kappa shape index (κ3) is 4.24. The van der Waals surface area contributed by atoms with Crippen molar-refractivity contribution in [3.63, 3.8) is 0 Å². The molecule has 2 heterocycles. The third-order valence-electron chi connectivity index (χ3n) is 4.71. The summed E-state index contributed by atoms with van der Waals surface area (Å²) in [5.74, 6) is 0.820. The smallest absolute Gasteiger partial charge is 0.192 e. The highest BCUT2D eigenvalue weighted by molar-refractivity contribution is 7.99. The molecule has 3 rings (SSSR count). The number of allylic oxidation sites excluding steroid dienone is 1. The maximum Gasteiger partial charge on any atom is 0.192 e. The molecule has 29 heavy (non-hydrogen) atoms. The van der Waals surface area contributed by atoms with E-state index in [-0.39, 0.29) is 17.3 Å². The summed E-state index contributed by atoms with van der Waals surface area (Å²) < 4.78 is 1.95. The van der Waals surface area contributed by atoms with Gasteiger partial charge in [0.1, 0.15) is 0 Å². The quantitative estimate of drug-likeness (QED) is 0.336. The Bertz CT molecular complexity index is 1090. The predicted molar refractivity (Wildman–Crippen MR) is 116 cm³/mol. The minimum Gasteiger partial charge on any atom is -0.355 e. The van der Waals surface area contributed by atoms with Crippen LogP contribution in [0.2, 0.25) is 0 Å². The van der Waals surface area contributed by atoms with Gasteiger partial charge in [0.05, 0.1) is 11.4 Å². The lowest BCUT2D eigenvalue weighted by molar-refractivity contribution is 0.101. The summed E-state index contributed by atoms with van der Waals surface area (Å²) in [6.45, 7) is 11.5. The molecular weight excluding hydrogens is 384 g/mol. The van der Waals surface area contributed by atoms with Gasteiger partial charge in [0.15, 0.2) is 22.5 Å². The molecule has 0 unspecified atom stereocenters. The van der Waals surface area contributed by atoms with Crippen LogP contribution in [0.25, 0.3) is 11.4 Å². The maximum atomic E-state index is 12.8. The molecule has 0 aliphatic rings. The number of Topliss-reactive ketones (excluding diaryl/α,β-unsaturated/α-hetero) is 2. The van der Waals surface area contributed by atoms with Crippen molar-refractivity contribution in [2.75, 3.05) is 5.75 Å². The van der Waals surface area contributed by atoms with E-state index >= 15 is 0 Å². The van der Waals surface area contributed by atoms with Crippen LogP contribution < -0.4 is 0 Å². The van der Waals surface area contributed by atoms with Gasteiger partial charge in [-0.2, -0.15) is 0 Å². The fraction of sp³-hybridized carbons (Fsp3) is 0.273. The second-order valence-electron chi connectivity index (χ2n) is 6.97. The van der Waals surface area contributed by atoms with E-state index in [9.17, 15) is 9.59 Å². The van der Waals surface area contributed by atoms with Crippen LogP contribution in [0.3, 0.4) is 0 Å². The highest BCUT2D eigenvalue weighted by Gasteiger charge is 2.21. The van der Waals surface area contributed by atoms with Crippen LogP contribution in [-0.4, -0.2) is 37.1 Å². The van der Waals surface area contributed by atoms with E-state index in [1.54, 1.807) is 13.0 Å². The van der Waals surface area contributed by atoms with Gasteiger partial charge in [-0.15, -0.1) is 16.8 Å². The number of nitrogens with zero attached hydrogens (tertiary/aromatic N) is 3. The number of carbonyl (C=O) groups is 2. The Morgan fingerprint density at radius 1 is 1.24 bits per heavy atom. The lowest BCUT2D eigenvalue weighted by Crippen LogP contribution is -2.07.